The van der Waals surface area contributed by atoms with Gasteiger partial charge in [-0.1, -0.05) is 37.3 Å². The minimum Gasteiger partial charge on any atom is -0.505 e. The van der Waals surface area contributed by atoms with Crippen LogP contribution >= 0.6 is 0 Å². The summed E-state index contributed by atoms with van der Waals surface area (Å²) in [6, 6.07) is 13.7. The van der Waals surface area contributed by atoms with Crippen LogP contribution in [0.3, 0.4) is 0 Å². The van der Waals surface area contributed by atoms with Gasteiger partial charge in [-0.05, 0) is 55.3 Å². The summed E-state index contributed by atoms with van der Waals surface area (Å²) in [6.07, 6.45) is 1.91. The highest BCUT2D eigenvalue weighted by Crippen LogP contribution is 2.42. The van der Waals surface area contributed by atoms with Gasteiger partial charge in [-0.3, -0.25) is 0 Å². The first-order valence-electron chi connectivity index (χ1n) is 7.88. The van der Waals surface area contributed by atoms with Crippen molar-refractivity contribution in [3.63, 3.8) is 0 Å². The second-order valence-corrected chi connectivity index (χ2v) is 6.14. The number of halogens is 1. The van der Waals surface area contributed by atoms with E-state index in [9.17, 15) is 9.50 Å². The minimum absolute atomic E-state index is 0.180. The van der Waals surface area contributed by atoms with Crippen molar-refractivity contribution in [2.75, 3.05) is 13.6 Å². The molecule has 0 radical (unpaired) electrons. The highest BCUT2D eigenvalue weighted by atomic mass is 19.1. The molecule has 3 rings (SSSR count). The van der Waals surface area contributed by atoms with Gasteiger partial charge in [0.25, 0.3) is 0 Å². The lowest BCUT2D eigenvalue weighted by Gasteiger charge is -2.30. The van der Waals surface area contributed by atoms with Crippen molar-refractivity contribution >= 4 is 0 Å². The summed E-state index contributed by atoms with van der Waals surface area (Å²) in [7, 11) is 2.13. The van der Waals surface area contributed by atoms with Gasteiger partial charge in [-0.15, -0.1) is 0 Å². The molecule has 22 heavy (non-hydrogen) atoms. The summed E-state index contributed by atoms with van der Waals surface area (Å²) >= 11 is 0. The second-order valence-electron chi connectivity index (χ2n) is 6.14. The van der Waals surface area contributed by atoms with Crippen LogP contribution in [-0.4, -0.2) is 29.6 Å². The van der Waals surface area contributed by atoms with E-state index in [1.807, 2.05) is 18.2 Å². The van der Waals surface area contributed by atoms with E-state index in [0.29, 0.717) is 6.04 Å². The van der Waals surface area contributed by atoms with Crippen molar-refractivity contribution < 1.29 is 9.50 Å². The molecule has 0 bridgehead atoms. The number of fused-ring (bicyclic) bond motifs is 1. The molecule has 0 saturated carbocycles. The zero-order valence-corrected chi connectivity index (χ0v) is 13.1. The van der Waals surface area contributed by atoms with E-state index in [1.54, 1.807) is 6.07 Å². The van der Waals surface area contributed by atoms with Gasteiger partial charge < -0.3 is 10.0 Å². The van der Waals surface area contributed by atoms with Gasteiger partial charge in [-0.2, -0.15) is 0 Å². The summed E-state index contributed by atoms with van der Waals surface area (Å²) < 4.78 is 13.7. The Morgan fingerprint density at radius 3 is 2.64 bits per heavy atom. The molecule has 0 fully saturated rings. The van der Waals surface area contributed by atoms with E-state index in [-0.39, 0.29) is 11.7 Å². The van der Waals surface area contributed by atoms with Gasteiger partial charge in [0.05, 0.1) is 0 Å². The third-order valence-corrected chi connectivity index (χ3v) is 4.66. The van der Waals surface area contributed by atoms with Crippen LogP contribution in [0.2, 0.25) is 0 Å². The number of benzene rings is 2. The Bertz CT molecular complexity index is 656. The molecule has 116 valence electrons. The maximum Gasteiger partial charge on any atom is 0.165 e. The Morgan fingerprint density at radius 1 is 1.23 bits per heavy atom. The van der Waals surface area contributed by atoms with Crippen molar-refractivity contribution in [3.8, 4) is 5.75 Å². The molecular formula is C19H22FNO. The SMILES string of the molecule is CCCN(C)[C@@H]1Cc2cc(F)c(O)cc2[C@H]1c1ccccc1. The lowest BCUT2D eigenvalue weighted by atomic mass is 9.89. The number of hydrogen-bond acceptors (Lipinski definition) is 2. The van der Waals surface area contributed by atoms with Gasteiger partial charge in [0.1, 0.15) is 0 Å². The maximum absolute atomic E-state index is 13.7. The molecule has 0 amide bonds. The Balaban J connectivity index is 2.06. The number of phenols is 1. The quantitative estimate of drug-likeness (QED) is 0.924. The van der Waals surface area contributed by atoms with Crippen molar-refractivity contribution in [2.45, 2.75) is 31.7 Å². The highest BCUT2D eigenvalue weighted by molar-refractivity contribution is 5.48. The topological polar surface area (TPSA) is 23.5 Å². The van der Waals surface area contributed by atoms with Gasteiger partial charge in [-0.25, -0.2) is 4.39 Å². The molecule has 0 heterocycles. The Hall–Kier alpha value is -1.87. The highest BCUT2D eigenvalue weighted by Gasteiger charge is 2.36. The molecule has 2 atom stereocenters. The number of phenolic OH excluding ortho intramolecular Hbond substituents is 1. The van der Waals surface area contributed by atoms with Gasteiger partial charge >= 0.3 is 0 Å². The predicted molar refractivity (Wildman–Crippen MR) is 86.8 cm³/mol. The van der Waals surface area contributed by atoms with Crippen molar-refractivity contribution in [3.05, 3.63) is 65.0 Å². The molecule has 0 spiro atoms. The predicted octanol–water partition coefficient (Wildman–Crippen LogP) is 3.93. The van der Waals surface area contributed by atoms with E-state index < -0.39 is 5.82 Å². The molecule has 3 heteroatoms. The summed E-state index contributed by atoms with van der Waals surface area (Å²) in [6.45, 7) is 3.18. The molecule has 1 aliphatic rings. The van der Waals surface area contributed by atoms with E-state index in [0.717, 1.165) is 30.5 Å². The third-order valence-electron chi connectivity index (χ3n) is 4.66. The van der Waals surface area contributed by atoms with E-state index in [1.165, 1.54) is 11.6 Å². The van der Waals surface area contributed by atoms with E-state index in [2.05, 4.69) is 31.0 Å². The zero-order valence-electron chi connectivity index (χ0n) is 13.1. The summed E-state index contributed by atoms with van der Waals surface area (Å²) in [5, 5.41) is 9.79. The normalized spacial score (nSPS) is 20.4. The van der Waals surface area contributed by atoms with Crippen LogP contribution in [0, 0.1) is 5.82 Å². The van der Waals surface area contributed by atoms with Crippen LogP contribution in [0.25, 0.3) is 0 Å². The van der Waals surface area contributed by atoms with Crippen molar-refractivity contribution in [1.29, 1.82) is 0 Å². The van der Waals surface area contributed by atoms with Crippen LogP contribution in [0.5, 0.6) is 5.75 Å². The fourth-order valence-corrected chi connectivity index (χ4v) is 3.63. The molecular weight excluding hydrogens is 277 g/mol. The molecule has 1 N–H and O–H groups in total. The van der Waals surface area contributed by atoms with Crippen molar-refractivity contribution in [1.82, 2.24) is 4.90 Å². The minimum atomic E-state index is -0.524. The lowest BCUT2D eigenvalue weighted by Crippen LogP contribution is -2.36. The number of hydrogen-bond donors (Lipinski definition) is 1. The van der Waals surface area contributed by atoms with Crippen LogP contribution in [0.15, 0.2) is 42.5 Å². The number of rotatable bonds is 4. The average Bonchev–Trinajstić information content (AvgIpc) is 2.87. The second kappa shape index (κ2) is 6.09. The molecule has 1 aliphatic carbocycles. The molecule has 0 aromatic heterocycles. The summed E-state index contributed by atoms with van der Waals surface area (Å²) in [5.74, 6) is -0.595. The standard InChI is InChI=1S/C19H22FNO/c1-3-9-21(2)17-11-14-10-16(20)18(22)12-15(14)19(17)13-7-5-4-6-8-13/h4-8,10,12,17,19,22H,3,9,11H2,1-2H3/t17-,19-/m1/s1. The first-order chi connectivity index (χ1) is 10.6. The van der Waals surface area contributed by atoms with E-state index >= 15 is 0 Å². The van der Waals surface area contributed by atoms with Crippen LogP contribution in [-0.2, 0) is 6.42 Å². The molecule has 0 saturated heterocycles. The maximum atomic E-state index is 13.7. The van der Waals surface area contributed by atoms with Crippen molar-refractivity contribution in [2.24, 2.45) is 0 Å². The summed E-state index contributed by atoms with van der Waals surface area (Å²) in [5.41, 5.74) is 3.29. The van der Waals surface area contributed by atoms with Crippen LogP contribution in [0.1, 0.15) is 36.0 Å². The molecule has 2 nitrogen and oxygen atoms in total. The zero-order chi connectivity index (χ0) is 15.7. The van der Waals surface area contributed by atoms with Crippen LogP contribution in [0.4, 0.5) is 4.39 Å². The number of nitrogens with zero attached hydrogens (tertiary/aromatic N) is 1. The fraction of sp³-hybridized carbons (Fsp3) is 0.368. The monoisotopic (exact) mass is 299 g/mol. The first kappa shape index (κ1) is 15.0. The fourth-order valence-electron chi connectivity index (χ4n) is 3.63. The molecule has 0 aliphatic heterocycles. The largest absolute Gasteiger partial charge is 0.505 e. The molecule has 2 aromatic rings. The van der Waals surface area contributed by atoms with Gasteiger partial charge in [0.2, 0.25) is 0 Å². The lowest BCUT2D eigenvalue weighted by molar-refractivity contribution is 0.233. The molecule has 0 unspecified atom stereocenters. The van der Waals surface area contributed by atoms with Gasteiger partial charge in [0.15, 0.2) is 11.6 Å². The van der Waals surface area contributed by atoms with Crippen LogP contribution < -0.4 is 0 Å². The Labute approximate surface area is 131 Å². The van der Waals surface area contributed by atoms with E-state index in [4.69, 9.17) is 0 Å². The smallest absolute Gasteiger partial charge is 0.165 e. The average molecular weight is 299 g/mol. The molecule has 2 aromatic carbocycles. The Kier molecular flexibility index (Phi) is 4.16. The first-order valence-corrected chi connectivity index (χ1v) is 7.88. The number of aromatic hydroxyl groups is 1. The third kappa shape index (κ3) is 2.61. The number of likely N-dealkylation sites (N-methyl/N-ethyl adjacent to an activating group) is 1. The summed E-state index contributed by atoms with van der Waals surface area (Å²) in [4.78, 5) is 2.35. The Morgan fingerprint density at radius 2 is 1.95 bits per heavy atom. The van der Waals surface area contributed by atoms with Gasteiger partial charge in [0, 0.05) is 12.0 Å².